The Bertz CT molecular complexity index is 784. The minimum Gasteiger partial charge on any atom is -0.505 e. The molecule has 0 aliphatic carbocycles. The molecule has 0 saturated carbocycles. The highest BCUT2D eigenvalue weighted by molar-refractivity contribution is 9.10. The van der Waals surface area contributed by atoms with Crippen molar-refractivity contribution >= 4 is 56.6 Å². The van der Waals surface area contributed by atoms with Gasteiger partial charge in [-0.3, -0.25) is 9.59 Å². The number of benzene rings is 2. The van der Waals surface area contributed by atoms with E-state index in [1.807, 2.05) is 0 Å². The van der Waals surface area contributed by atoms with Gasteiger partial charge in [0.25, 0.3) is 11.8 Å². The van der Waals surface area contributed by atoms with Crippen LogP contribution in [0.3, 0.4) is 0 Å². The van der Waals surface area contributed by atoms with Crippen molar-refractivity contribution in [1.29, 1.82) is 0 Å². The molecule has 2 amide bonds. The van der Waals surface area contributed by atoms with Gasteiger partial charge in [0.15, 0.2) is 5.75 Å². The topological polar surface area (TPSA) is 57.6 Å². The highest BCUT2D eigenvalue weighted by Crippen LogP contribution is 2.38. The van der Waals surface area contributed by atoms with Gasteiger partial charge in [-0.1, -0.05) is 39.1 Å². The van der Waals surface area contributed by atoms with Gasteiger partial charge in [0.2, 0.25) is 0 Å². The molecule has 0 fully saturated rings. The predicted molar refractivity (Wildman–Crippen MR) is 83.4 cm³/mol. The van der Waals surface area contributed by atoms with E-state index in [2.05, 4.69) is 15.9 Å². The van der Waals surface area contributed by atoms with Crippen LogP contribution in [0, 0.1) is 0 Å². The van der Waals surface area contributed by atoms with Crippen LogP contribution in [0.1, 0.15) is 20.7 Å². The Labute approximate surface area is 138 Å². The van der Waals surface area contributed by atoms with Gasteiger partial charge in [0.05, 0.1) is 26.9 Å². The fourth-order valence-electron chi connectivity index (χ4n) is 2.13. The van der Waals surface area contributed by atoms with Crippen LogP contribution in [0.25, 0.3) is 0 Å². The van der Waals surface area contributed by atoms with Crippen molar-refractivity contribution in [3.05, 3.63) is 56.0 Å². The summed E-state index contributed by atoms with van der Waals surface area (Å²) < 4.78 is 0.700. The molecule has 0 spiro atoms. The number of imide groups is 1. The second-order valence-electron chi connectivity index (χ2n) is 4.39. The molecule has 1 aliphatic rings. The first-order valence-corrected chi connectivity index (χ1v) is 7.31. The number of hydrogen-bond acceptors (Lipinski definition) is 3. The van der Waals surface area contributed by atoms with Gasteiger partial charge in [0, 0.05) is 4.47 Å². The molecule has 0 saturated heterocycles. The molecule has 21 heavy (non-hydrogen) atoms. The van der Waals surface area contributed by atoms with Crippen LogP contribution in [0.5, 0.6) is 5.75 Å². The average Bonchev–Trinajstić information content (AvgIpc) is 2.67. The van der Waals surface area contributed by atoms with E-state index < -0.39 is 11.8 Å². The smallest absolute Gasteiger partial charge is 0.266 e. The van der Waals surface area contributed by atoms with E-state index in [4.69, 9.17) is 23.2 Å². The van der Waals surface area contributed by atoms with Crippen LogP contribution >= 0.6 is 39.1 Å². The summed E-state index contributed by atoms with van der Waals surface area (Å²) in [5.41, 5.74) is 0.823. The summed E-state index contributed by atoms with van der Waals surface area (Å²) in [5.74, 6) is -1.21. The number of carbonyl (C=O) groups excluding carboxylic acids is 2. The molecular weight excluding hydrogens is 381 g/mol. The third kappa shape index (κ3) is 2.21. The monoisotopic (exact) mass is 385 g/mol. The number of hydrogen-bond donors (Lipinski definition) is 1. The Morgan fingerprint density at radius 3 is 2.14 bits per heavy atom. The van der Waals surface area contributed by atoms with Crippen molar-refractivity contribution in [3.63, 3.8) is 0 Å². The number of carbonyl (C=O) groups is 2. The van der Waals surface area contributed by atoms with Gasteiger partial charge >= 0.3 is 0 Å². The molecule has 0 aromatic heterocycles. The predicted octanol–water partition coefficient (Wildman–Crippen LogP) is 4.26. The normalized spacial score (nSPS) is 13.8. The summed E-state index contributed by atoms with van der Waals surface area (Å²) >= 11 is 14.9. The lowest BCUT2D eigenvalue weighted by atomic mass is 10.1. The van der Waals surface area contributed by atoms with Crippen molar-refractivity contribution < 1.29 is 14.7 Å². The molecule has 3 rings (SSSR count). The van der Waals surface area contributed by atoms with E-state index in [1.54, 1.807) is 18.2 Å². The summed E-state index contributed by atoms with van der Waals surface area (Å²) in [5, 5.41) is 9.49. The molecule has 0 atom stereocenters. The zero-order valence-corrected chi connectivity index (χ0v) is 13.3. The van der Waals surface area contributed by atoms with Crippen LogP contribution in [-0.2, 0) is 0 Å². The molecule has 0 bridgehead atoms. The SMILES string of the molecule is O=C1c2ccc(Br)cc2C(=O)N1c1cc(Cl)c(O)c(Cl)c1. The number of halogens is 3. The number of phenolic OH excluding ortho intramolecular Hbond substituents is 1. The third-order valence-corrected chi connectivity index (χ3v) is 4.18. The van der Waals surface area contributed by atoms with Crippen LogP contribution in [0.4, 0.5) is 5.69 Å². The van der Waals surface area contributed by atoms with Crippen molar-refractivity contribution in [1.82, 2.24) is 0 Å². The average molecular weight is 387 g/mol. The Balaban J connectivity index is 2.14. The molecule has 1 heterocycles. The lowest BCUT2D eigenvalue weighted by molar-refractivity contribution is 0.0926. The van der Waals surface area contributed by atoms with E-state index in [0.717, 1.165) is 4.90 Å². The van der Waals surface area contributed by atoms with Gasteiger partial charge in [-0.2, -0.15) is 0 Å². The van der Waals surface area contributed by atoms with E-state index in [-0.39, 0.29) is 21.5 Å². The molecule has 2 aromatic carbocycles. The molecule has 7 heteroatoms. The van der Waals surface area contributed by atoms with Crippen LogP contribution in [0.15, 0.2) is 34.8 Å². The number of phenols is 1. The summed E-state index contributed by atoms with van der Waals surface area (Å²) in [7, 11) is 0. The third-order valence-electron chi connectivity index (χ3n) is 3.11. The highest BCUT2D eigenvalue weighted by Gasteiger charge is 2.37. The molecule has 2 aromatic rings. The van der Waals surface area contributed by atoms with Crippen molar-refractivity contribution in [2.24, 2.45) is 0 Å². The van der Waals surface area contributed by atoms with E-state index in [1.165, 1.54) is 12.1 Å². The van der Waals surface area contributed by atoms with Crippen molar-refractivity contribution in [2.45, 2.75) is 0 Å². The fourth-order valence-corrected chi connectivity index (χ4v) is 2.97. The number of anilines is 1. The molecule has 0 radical (unpaired) electrons. The standard InChI is InChI=1S/C14H6BrCl2NO3/c15-6-1-2-8-9(3-6)14(21)18(13(8)20)7-4-10(16)12(19)11(17)5-7/h1-5,19H. The second kappa shape index (κ2) is 5.02. The maximum atomic E-state index is 12.4. The Kier molecular flexibility index (Phi) is 3.43. The second-order valence-corrected chi connectivity index (χ2v) is 6.12. The molecule has 4 nitrogen and oxygen atoms in total. The fraction of sp³-hybridized carbons (Fsp3) is 0. The number of amides is 2. The van der Waals surface area contributed by atoms with Gasteiger partial charge in [-0.05, 0) is 30.3 Å². The Morgan fingerprint density at radius 1 is 0.952 bits per heavy atom. The molecule has 0 unspecified atom stereocenters. The Hall–Kier alpha value is -1.56. The summed E-state index contributed by atoms with van der Waals surface area (Å²) in [4.78, 5) is 25.8. The molecule has 1 N–H and O–H groups in total. The van der Waals surface area contributed by atoms with Gasteiger partial charge in [-0.25, -0.2) is 4.90 Å². The number of rotatable bonds is 1. The van der Waals surface area contributed by atoms with Crippen molar-refractivity contribution in [2.75, 3.05) is 4.90 Å². The van der Waals surface area contributed by atoms with E-state index in [9.17, 15) is 14.7 Å². The number of nitrogens with zero attached hydrogens (tertiary/aromatic N) is 1. The quantitative estimate of drug-likeness (QED) is 0.745. The first kappa shape index (κ1) is 14.4. The molecule has 1 aliphatic heterocycles. The maximum Gasteiger partial charge on any atom is 0.266 e. The lowest BCUT2D eigenvalue weighted by Gasteiger charge is -2.15. The number of fused-ring (bicyclic) bond motifs is 1. The summed E-state index contributed by atoms with van der Waals surface area (Å²) in [6.07, 6.45) is 0. The summed E-state index contributed by atoms with van der Waals surface area (Å²) in [6, 6.07) is 7.48. The Morgan fingerprint density at radius 2 is 1.52 bits per heavy atom. The van der Waals surface area contributed by atoms with Crippen LogP contribution < -0.4 is 4.90 Å². The first-order valence-electron chi connectivity index (χ1n) is 5.76. The van der Waals surface area contributed by atoms with Gasteiger partial charge < -0.3 is 5.11 Å². The van der Waals surface area contributed by atoms with Gasteiger partial charge in [-0.15, -0.1) is 0 Å². The largest absolute Gasteiger partial charge is 0.505 e. The van der Waals surface area contributed by atoms with Crippen LogP contribution in [0.2, 0.25) is 10.0 Å². The van der Waals surface area contributed by atoms with E-state index >= 15 is 0 Å². The van der Waals surface area contributed by atoms with Crippen LogP contribution in [-0.4, -0.2) is 16.9 Å². The molecule has 106 valence electrons. The highest BCUT2D eigenvalue weighted by atomic mass is 79.9. The zero-order chi connectivity index (χ0) is 15.3. The van der Waals surface area contributed by atoms with E-state index in [0.29, 0.717) is 15.6 Å². The first-order chi connectivity index (χ1) is 9.90. The van der Waals surface area contributed by atoms with Gasteiger partial charge in [0.1, 0.15) is 0 Å². The van der Waals surface area contributed by atoms with Crippen molar-refractivity contribution in [3.8, 4) is 5.75 Å². The minimum atomic E-state index is -0.464. The minimum absolute atomic E-state index is 0.0322. The summed E-state index contributed by atoms with van der Waals surface area (Å²) in [6.45, 7) is 0. The number of aromatic hydroxyl groups is 1. The zero-order valence-electron chi connectivity index (χ0n) is 10.2. The lowest BCUT2D eigenvalue weighted by Crippen LogP contribution is -2.29. The molecular formula is C14H6BrCl2NO3. The maximum absolute atomic E-state index is 12.4.